The molecule has 0 aromatic carbocycles. The van der Waals surface area contributed by atoms with Crippen LogP contribution in [-0.2, 0) is 9.59 Å². The molecule has 1 amide bonds. The van der Waals surface area contributed by atoms with Crippen molar-refractivity contribution < 1.29 is 14.7 Å². The Morgan fingerprint density at radius 3 is 2.42 bits per heavy atom. The number of fused-ring (bicyclic) bond motifs is 5. The van der Waals surface area contributed by atoms with Gasteiger partial charge in [-0.25, -0.2) is 0 Å². The van der Waals surface area contributed by atoms with Crippen LogP contribution in [0.4, 0.5) is 0 Å². The van der Waals surface area contributed by atoms with Crippen LogP contribution in [0.2, 0.25) is 0 Å². The van der Waals surface area contributed by atoms with E-state index in [2.05, 4.69) is 5.32 Å². The van der Waals surface area contributed by atoms with Crippen molar-refractivity contribution in [2.24, 2.45) is 35.5 Å². The van der Waals surface area contributed by atoms with E-state index in [-0.39, 0.29) is 24.2 Å². The molecule has 0 aromatic rings. The number of carbonyl (C=O) groups is 2. The number of aliphatic carboxylic acids is 1. The minimum Gasteiger partial charge on any atom is -0.481 e. The van der Waals surface area contributed by atoms with Crippen molar-refractivity contribution in [2.45, 2.75) is 39.0 Å². The molecule has 3 saturated carbocycles. The largest absolute Gasteiger partial charge is 0.481 e. The summed E-state index contributed by atoms with van der Waals surface area (Å²) in [4.78, 5) is 22.9. The van der Waals surface area contributed by atoms with E-state index in [4.69, 9.17) is 5.11 Å². The van der Waals surface area contributed by atoms with Gasteiger partial charge in [0.25, 0.3) is 0 Å². The highest BCUT2D eigenvalue weighted by Gasteiger charge is 2.67. The van der Waals surface area contributed by atoms with Gasteiger partial charge in [-0.05, 0) is 48.9 Å². The summed E-state index contributed by atoms with van der Waals surface area (Å²) in [6.07, 6.45) is 4.96. The average Bonchev–Trinajstić information content (AvgIpc) is 2.82. The van der Waals surface area contributed by atoms with Gasteiger partial charge < -0.3 is 10.4 Å². The van der Waals surface area contributed by atoms with Crippen molar-refractivity contribution in [3.8, 4) is 0 Å². The maximum Gasteiger partial charge on any atom is 0.303 e. The molecule has 3 rings (SSSR count). The van der Waals surface area contributed by atoms with Crippen LogP contribution in [0, 0.1) is 35.5 Å². The Balaban J connectivity index is 1.46. The van der Waals surface area contributed by atoms with Gasteiger partial charge in [0.15, 0.2) is 0 Å². The summed E-state index contributed by atoms with van der Waals surface area (Å²) in [5, 5.41) is 11.8. The standard InChI is InChI=1S/C15H23NO3/c1-2-8(5-11(17)18)7-16-15(19)14-12-9-3-4-10(6-9)13(12)14/h8-10,12-14H,2-7H2,1H3,(H,16,19)(H,17,18). The molecular formula is C15H23NO3. The van der Waals surface area contributed by atoms with Gasteiger partial charge in [-0.3, -0.25) is 9.59 Å². The smallest absolute Gasteiger partial charge is 0.303 e. The summed E-state index contributed by atoms with van der Waals surface area (Å²) in [5.41, 5.74) is 0. The lowest BCUT2D eigenvalue weighted by atomic mass is 10.0. The monoisotopic (exact) mass is 265 g/mol. The number of hydrogen-bond acceptors (Lipinski definition) is 2. The van der Waals surface area contributed by atoms with Crippen molar-refractivity contribution in [1.29, 1.82) is 0 Å². The van der Waals surface area contributed by atoms with Gasteiger partial charge in [-0.2, -0.15) is 0 Å². The Bertz CT molecular complexity index is 379. The molecule has 0 spiro atoms. The second kappa shape index (κ2) is 4.80. The fourth-order valence-corrected chi connectivity index (χ4v) is 4.65. The normalized spacial score (nSPS) is 39.7. The minimum absolute atomic E-state index is 0.0664. The predicted molar refractivity (Wildman–Crippen MR) is 70.3 cm³/mol. The Hall–Kier alpha value is -1.06. The molecule has 3 aliphatic rings. The van der Waals surface area contributed by atoms with E-state index >= 15 is 0 Å². The van der Waals surface area contributed by atoms with Crippen LogP contribution >= 0.6 is 0 Å². The highest BCUT2D eigenvalue weighted by molar-refractivity contribution is 5.82. The van der Waals surface area contributed by atoms with Gasteiger partial charge >= 0.3 is 5.97 Å². The minimum atomic E-state index is -0.776. The molecule has 19 heavy (non-hydrogen) atoms. The fourth-order valence-electron chi connectivity index (χ4n) is 4.65. The molecular weight excluding hydrogens is 242 g/mol. The van der Waals surface area contributed by atoms with Gasteiger partial charge in [0.1, 0.15) is 0 Å². The Morgan fingerprint density at radius 2 is 1.89 bits per heavy atom. The molecule has 4 nitrogen and oxygen atoms in total. The molecule has 5 unspecified atom stereocenters. The quantitative estimate of drug-likeness (QED) is 0.770. The summed E-state index contributed by atoms with van der Waals surface area (Å²) in [5.74, 6) is 2.69. The van der Waals surface area contributed by atoms with Gasteiger partial charge in [-0.15, -0.1) is 0 Å². The number of nitrogens with one attached hydrogen (secondary N) is 1. The molecule has 5 atom stereocenters. The lowest BCUT2D eigenvalue weighted by molar-refractivity contribution is -0.138. The van der Waals surface area contributed by atoms with E-state index < -0.39 is 5.97 Å². The molecule has 0 aliphatic heterocycles. The first kappa shape index (κ1) is 12.9. The third kappa shape index (κ3) is 2.26. The molecule has 2 bridgehead atoms. The van der Waals surface area contributed by atoms with Crippen molar-refractivity contribution in [3.05, 3.63) is 0 Å². The third-order valence-electron chi connectivity index (χ3n) is 5.64. The molecule has 0 saturated heterocycles. The van der Waals surface area contributed by atoms with Gasteiger partial charge in [0, 0.05) is 18.9 Å². The molecule has 3 aliphatic carbocycles. The van der Waals surface area contributed by atoms with Crippen molar-refractivity contribution in [1.82, 2.24) is 5.32 Å². The maximum atomic E-state index is 12.2. The van der Waals surface area contributed by atoms with Crippen molar-refractivity contribution in [2.75, 3.05) is 6.54 Å². The summed E-state index contributed by atoms with van der Waals surface area (Å²) in [7, 11) is 0. The summed E-state index contributed by atoms with van der Waals surface area (Å²) < 4.78 is 0. The van der Waals surface area contributed by atoms with E-state index in [0.717, 1.165) is 18.3 Å². The summed E-state index contributed by atoms with van der Waals surface area (Å²) in [6, 6.07) is 0. The van der Waals surface area contributed by atoms with Crippen LogP contribution < -0.4 is 5.32 Å². The molecule has 4 heteroatoms. The van der Waals surface area contributed by atoms with Crippen LogP contribution in [0.5, 0.6) is 0 Å². The maximum absolute atomic E-state index is 12.2. The summed E-state index contributed by atoms with van der Waals surface area (Å²) in [6.45, 7) is 2.50. The Labute approximate surface area is 113 Å². The SMILES string of the molecule is CCC(CNC(=O)C1C2C3CCC(C3)C12)CC(=O)O. The predicted octanol–water partition coefficient (Wildman–Crippen LogP) is 1.90. The fraction of sp³-hybridized carbons (Fsp3) is 0.867. The van der Waals surface area contributed by atoms with Gasteiger partial charge in [-0.1, -0.05) is 13.3 Å². The second-order valence-corrected chi connectivity index (χ2v) is 6.63. The number of carboxylic acids is 1. The molecule has 0 heterocycles. The number of amides is 1. The zero-order valence-corrected chi connectivity index (χ0v) is 11.5. The van der Waals surface area contributed by atoms with E-state index in [9.17, 15) is 9.59 Å². The van der Waals surface area contributed by atoms with Crippen LogP contribution in [0.15, 0.2) is 0 Å². The van der Waals surface area contributed by atoms with Crippen LogP contribution in [0.1, 0.15) is 39.0 Å². The molecule has 0 aromatic heterocycles. The first-order chi connectivity index (χ1) is 9.11. The lowest BCUT2D eigenvalue weighted by Crippen LogP contribution is -2.32. The van der Waals surface area contributed by atoms with Crippen LogP contribution in [0.25, 0.3) is 0 Å². The second-order valence-electron chi connectivity index (χ2n) is 6.63. The molecule has 0 radical (unpaired) electrons. The Morgan fingerprint density at radius 1 is 1.26 bits per heavy atom. The van der Waals surface area contributed by atoms with E-state index in [1.807, 2.05) is 6.92 Å². The highest BCUT2D eigenvalue weighted by atomic mass is 16.4. The van der Waals surface area contributed by atoms with Crippen LogP contribution in [0.3, 0.4) is 0 Å². The zero-order chi connectivity index (χ0) is 13.6. The van der Waals surface area contributed by atoms with Crippen molar-refractivity contribution in [3.63, 3.8) is 0 Å². The third-order valence-corrected chi connectivity index (χ3v) is 5.64. The molecule has 3 fully saturated rings. The van der Waals surface area contributed by atoms with E-state index in [0.29, 0.717) is 18.4 Å². The first-order valence-electron chi connectivity index (χ1n) is 7.61. The number of rotatable bonds is 6. The Kier molecular flexibility index (Phi) is 3.27. The van der Waals surface area contributed by atoms with Gasteiger partial charge in [0.2, 0.25) is 5.91 Å². The van der Waals surface area contributed by atoms with E-state index in [1.54, 1.807) is 0 Å². The van der Waals surface area contributed by atoms with Crippen LogP contribution in [-0.4, -0.2) is 23.5 Å². The lowest BCUT2D eigenvalue weighted by Gasteiger charge is -2.14. The van der Waals surface area contributed by atoms with E-state index in [1.165, 1.54) is 19.3 Å². The first-order valence-corrected chi connectivity index (χ1v) is 7.61. The molecule has 2 N–H and O–H groups in total. The van der Waals surface area contributed by atoms with Gasteiger partial charge in [0.05, 0.1) is 0 Å². The topological polar surface area (TPSA) is 66.4 Å². The van der Waals surface area contributed by atoms with Crippen molar-refractivity contribution >= 4 is 11.9 Å². The summed E-state index contributed by atoms with van der Waals surface area (Å²) >= 11 is 0. The number of carbonyl (C=O) groups excluding carboxylic acids is 1. The number of carboxylic acid groups (broad SMARTS) is 1. The number of hydrogen-bond donors (Lipinski definition) is 2. The zero-order valence-electron chi connectivity index (χ0n) is 11.5. The molecule has 106 valence electrons. The average molecular weight is 265 g/mol. The highest BCUT2D eigenvalue weighted by Crippen LogP contribution is 2.69.